The van der Waals surface area contributed by atoms with Gasteiger partial charge in [-0.15, -0.1) is 0 Å². The van der Waals surface area contributed by atoms with Crippen LogP contribution >= 0.6 is 0 Å². The van der Waals surface area contributed by atoms with Crippen LogP contribution < -0.4 is 5.32 Å². The molecular weight excluding hydrogens is 328 g/mol. The Labute approximate surface area is 151 Å². The van der Waals surface area contributed by atoms with Crippen LogP contribution in [0.3, 0.4) is 0 Å². The quantitative estimate of drug-likeness (QED) is 0.575. The Morgan fingerprint density at radius 2 is 2.00 bits per heavy atom. The van der Waals surface area contributed by atoms with Crippen molar-refractivity contribution in [3.05, 3.63) is 65.7 Å². The maximum atomic E-state index is 5.14. The Kier molecular flexibility index (Phi) is 4.35. The van der Waals surface area contributed by atoms with Crippen molar-refractivity contribution in [3.63, 3.8) is 0 Å². The van der Waals surface area contributed by atoms with Crippen LogP contribution in [0.15, 0.2) is 47.4 Å². The van der Waals surface area contributed by atoms with Gasteiger partial charge in [-0.05, 0) is 30.7 Å². The van der Waals surface area contributed by atoms with Gasteiger partial charge in [0.2, 0.25) is 0 Å². The van der Waals surface area contributed by atoms with Gasteiger partial charge in [-0.25, -0.2) is 9.97 Å². The van der Waals surface area contributed by atoms with Gasteiger partial charge >= 0.3 is 0 Å². The molecular formula is C19H20N6O. The summed E-state index contributed by atoms with van der Waals surface area (Å²) < 4.78 is 7.29. The van der Waals surface area contributed by atoms with E-state index in [2.05, 4.69) is 31.9 Å². The fourth-order valence-electron chi connectivity index (χ4n) is 2.93. The first-order valence-electron chi connectivity index (χ1n) is 8.63. The van der Waals surface area contributed by atoms with Gasteiger partial charge in [0.1, 0.15) is 22.8 Å². The largest absolute Gasteiger partial charge is 0.362 e. The minimum Gasteiger partial charge on any atom is -0.362 e. The fourth-order valence-corrected chi connectivity index (χ4v) is 2.93. The number of rotatable bonds is 6. The average molecular weight is 348 g/mol. The van der Waals surface area contributed by atoms with E-state index in [1.807, 2.05) is 37.4 Å². The minimum atomic E-state index is 0.549. The lowest BCUT2D eigenvalue weighted by molar-refractivity contribution is 0.391. The van der Waals surface area contributed by atoms with Gasteiger partial charge in [0, 0.05) is 37.6 Å². The van der Waals surface area contributed by atoms with E-state index in [1.54, 1.807) is 12.4 Å². The lowest BCUT2D eigenvalue weighted by Crippen LogP contribution is -2.08. The van der Waals surface area contributed by atoms with Crippen LogP contribution in [0.25, 0.3) is 11.0 Å². The smallest absolute Gasteiger partial charge is 0.154 e. The van der Waals surface area contributed by atoms with Crippen LogP contribution in [0, 0.1) is 6.92 Å². The zero-order valence-electron chi connectivity index (χ0n) is 14.8. The topological polar surface area (TPSA) is 81.7 Å². The molecule has 0 amide bonds. The van der Waals surface area contributed by atoms with Crippen LogP contribution in [0.4, 0.5) is 5.82 Å². The molecule has 132 valence electrons. The molecule has 4 rings (SSSR count). The standard InChI is InChI=1S/C19H20N6O/c1-3-17-22-16-6-9-25(12-14-4-7-20-8-5-14)18(16)19(23-17)21-11-15-10-13(2)26-24-15/h4-10H,3,11-12H2,1-2H3,(H,21,22,23). The summed E-state index contributed by atoms with van der Waals surface area (Å²) in [4.78, 5) is 13.4. The first-order valence-corrected chi connectivity index (χ1v) is 8.63. The highest BCUT2D eigenvalue weighted by atomic mass is 16.5. The minimum absolute atomic E-state index is 0.549. The number of fused-ring (bicyclic) bond motifs is 1. The highest BCUT2D eigenvalue weighted by molar-refractivity contribution is 5.86. The number of pyridine rings is 1. The Hall–Kier alpha value is -3.22. The molecule has 0 aliphatic carbocycles. The molecule has 0 aliphatic heterocycles. The number of aromatic nitrogens is 5. The Morgan fingerprint density at radius 1 is 1.15 bits per heavy atom. The number of anilines is 1. The lowest BCUT2D eigenvalue weighted by Gasteiger charge is -2.11. The zero-order valence-corrected chi connectivity index (χ0v) is 14.8. The first-order chi connectivity index (χ1) is 12.7. The number of nitrogens with zero attached hydrogens (tertiary/aromatic N) is 5. The third-order valence-corrected chi connectivity index (χ3v) is 4.19. The molecule has 7 heteroatoms. The third-order valence-electron chi connectivity index (χ3n) is 4.19. The molecule has 4 aromatic heterocycles. The van der Waals surface area contributed by atoms with Crippen molar-refractivity contribution in [2.45, 2.75) is 33.4 Å². The summed E-state index contributed by atoms with van der Waals surface area (Å²) in [7, 11) is 0. The number of nitrogens with one attached hydrogen (secondary N) is 1. The summed E-state index contributed by atoms with van der Waals surface area (Å²) in [6.45, 7) is 5.22. The molecule has 1 N–H and O–H groups in total. The molecule has 0 saturated heterocycles. The first kappa shape index (κ1) is 16.3. The van der Waals surface area contributed by atoms with Gasteiger partial charge in [0.25, 0.3) is 0 Å². The van der Waals surface area contributed by atoms with E-state index < -0.39 is 0 Å². The second-order valence-corrected chi connectivity index (χ2v) is 6.16. The molecule has 0 aliphatic rings. The van der Waals surface area contributed by atoms with E-state index in [-0.39, 0.29) is 0 Å². The number of aryl methyl sites for hydroxylation is 2. The molecule has 0 aromatic carbocycles. The van der Waals surface area contributed by atoms with Gasteiger partial charge in [0.15, 0.2) is 5.82 Å². The predicted octanol–water partition coefficient (Wildman–Crippen LogP) is 3.35. The van der Waals surface area contributed by atoms with E-state index in [1.165, 1.54) is 5.56 Å². The maximum Gasteiger partial charge on any atom is 0.154 e. The van der Waals surface area contributed by atoms with Crippen LogP contribution in [-0.4, -0.2) is 24.7 Å². The van der Waals surface area contributed by atoms with Crippen LogP contribution in [0.1, 0.15) is 29.8 Å². The van der Waals surface area contributed by atoms with Crippen molar-refractivity contribution in [3.8, 4) is 0 Å². The fraction of sp³-hybridized carbons (Fsp3) is 0.263. The van der Waals surface area contributed by atoms with Crippen molar-refractivity contribution in [2.24, 2.45) is 0 Å². The van der Waals surface area contributed by atoms with Gasteiger partial charge in [-0.3, -0.25) is 4.98 Å². The Balaban J connectivity index is 1.70. The monoisotopic (exact) mass is 348 g/mol. The Bertz CT molecular complexity index is 1020. The second-order valence-electron chi connectivity index (χ2n) is 6.16. The molecule has 0 unspecified atom stereocenters. The van der Waals surface area contributed by atoms with E-state index in [4.69, 9.17) is 9.51 Å². The normalized spacial score (nSPS) is 11.2. The highest BCUT2D eigenvalue weighted by Crippen LogP contribution is 2.23. The zero-order chi connectivity index (χ0) is 17.9. The van der Waals surface area contributed by atoms with Crippen LogP contribution in [0.2, 0.25) is 0 Å². The molecule has 0 atom stereocenters. The van der Waals surface area contributed by atoms with Crippen molar-refractivity contribution < 1.29 is 4.52 Å². The molecule has 4 aromatic rings. The van der Waals surface area contributed by atoms with Gasteiger partial charge < -0.3 is 14.4 Å². The van der Waals surface area contributed by atoms with Gasteiger partial charge in [-0.2, -0.15) is 0 Å². The third kappa shape index (κ3) is 3.28. The molecule has 0 radical (unpaired) electrons. The molecule has 0 spiro atoms. The maximum absolute atomic E-state index is 5.14. The molecule has 4 heterocycles. The SMILES string of the molecule is CCc1nc(NCc2cc(C)on2)c2c(ccn2Cc2ccncc2)n1. The van der Waals surface area contributed by atoms with Crippen molar-refractivity contribution in [1.29, 1.82) is 0 Å². The van der Waals surface area contributed by atoms with Crippen LogP contribution in [0.5, 0.6) is 0 Å². The van der Waals surface area contributed by atoms with Crippen LogP contribution in [-0.2, 0) is 19.5 Å². The summed E-state index contributed by atoms with van der Waals surface area (Å²) in [5.74, 6) is 2.43. The Morgan fingerprint density at radius 3 is 2.73 bits per heavy atom. The van der Waals surface area contributed by atoms with E-state index in [9.17, 15) is 0 Å². The summed E-state index contributed by atoms with van der Waals surface area (Å²) in [6, 6.07) is 7.97. The lowest BCUT2D eigenvalue weighted by atomic mass is 10.2. The molecule has 0 bridgehead atoms. The highest BCUT2D eigenvalue weighted by Gasteiger charge is 2.13. The number of hydrogen-bond acceptors (Lipinski definition) is 6. The molecule has 7 nitrogen and oxygen atoms in total. The van der Waals surface area contributed by atoms with Gasteiger partial charge in [0.05, 0.1) is 12.1 Å². The molecule has 0 fully saturated rings. The molecule has 26 heavy (non-hydrogen) atoms. The summed E-state index contributed by atoms with van der Waals surface area (Å²) >= 11 is 0. The molecule has 0 saturated carbocycles. The van der Waals surface area contributed by atoms with E-state index >= 15 is 0 Å². The second kappa shape index (κ2) is 6.95. The van der Waals surface area contributed by atoms with Crippen molar-refractivity contribution >= 4 is 16.9 Å². The van der Waals surface area contributed by atoms with Crippen molar-refractivity contribution in [2.75, 3.05) is 5.32 Å². The summed E-state index contributed by atoms with van der Waals surface area (Å²) in [6.07, 6.45) is 6.44. The summed E-state index contributed by atoms with van der Waals surface area (Å²) in [5, 5.41) is 7.43. The van der Waals surface area contributed by atoms with Crippen molar-refractivity contribution in [1.82, 2.24) is 24.7 Å². The van der Waals surface area contributed by atoms with E-state index in [0.717, 1.165) is 47.1 Å². The van der Waals surface area contributed by atoms with Gasteiger partial charge in [-0.1, -0.05) is 12.1 Å². The average Bonchev–Trinajstić information content (AvgIpc) is 3.27. The van der Waals surface area contributed by atoms with E-state index in [0.29, 0.717) is 6.54 Å². The number of hydrogen-bond donors (Lipinski definition) is 1. The summed E-state index contributed by atoms with van der Waals surface area (Å²) in [5.41, 5.74) is 3.94. The predicted molar refractivity (Wildman–Crippen MR) is 98.8 cm³/mol.